The molecule has 0 saturated heterocycles. The lowest BCUT2D eigenvalue weighted by Crippen LogP contribution is -2.50. The molecular weight excluding hydrogens is 423 g/mol. The van der Waals surface area contributed by atoms with E-state index in [1.807, 2.05) is 0 Å². The van der Waals surface area contributed by atoms with Gasteiger partial charge in [0.25, 0.3) is 0 Å². The number of nitrogens with zero attached hydrogens (tertiary/aromatic N) is 1. The number of esters is 2. The largest absolute Gasteiger partial charge is 0.463 e. The average molecular weight is 438 g/mol. The molecular formula is C15H15Cl3N4O5. The molecule has 0 saturated carbocycles. The van der Waals surface area contributed by atoms with E-state index >= 15 is 0 Å². The van der Waals surface area contributed by atoms with E-state index in [0.29, 0.717) is 0 Å². The second kappa shape index (κ2) is 8.64. The first kappa shape index (κ1) is 21.1. The van der Waals surface area contributed by atoms with Gasteiger partial charge in [0.05, 0.1) is 34.6 Å². The summed E-state index contributed by atoms with van der Waals surface area (Å²) in [5, 5.41) is 4.39. The molecule has 4 N–H and O–H groups in total. The van der Waals surface area contributed by atoms with Crippen molar-refractivity contribution in [1.29, 1.82) is 0 Å². The molecule has 1 aromatic heterocycles. The van der Waals surface area contributed by atoms with Crippen LogP contribution in [0.3, 0.4) is 0 Å². The summed E-state index contributed by atoms with van der Waals surface area (Å²) in [5.41, 5.74) is 5.38. The monoisotopic (exact) mass is 436 g/mol. The van der Waals surface area contributed by atoms with Gasteiger partial charge in [0.15, 0.2) is 10.8 Å². The maximum atomic E-state index is 12.3. The van der Waals surface area contributed by atoms with E-state index in [9.17, 15) is 14.4 Å². The lowest BCUT2D eigenvalue weighted by molar-refractivity contribution is -0.139. The summed E-state index contributed by atoms with van der Waals surface area (Å²) in [6.45, 7) is 2.92. The molecule has 0 spiro atoms. The Labute approximate surface area is 169 Å². The van der Waals surface area contributed by atoms with Gasteiger partial charge in [-0.15, -0.1) is 0 Å². The first-order chi connectivity index (χ1) is 12.7. The lowest BCUT2D eigenvalue weighted by Gasteiger charge is -2.26. The maximum absolute atomic E-state index is 12.3. The zero-order chi connectivity index (χ0) is 20.3. The third-order valence-electron chi connectivity index (χ3n) is 3.48. The van der Waals surface area contributed by atoms with Crippen molar-refractivity contribution in [2.24, 2.45) is 0 Å². The normalized spacial score (nSPS) is 16.5. The Kier molecular flexibility index (Phi) is 6.74. The average Bonchev–Trinajstić information content (AvgIpc) is 2.60. The molecule has 0 fully saturated rings. The Morgan fingerprint density at radius 1 is 1.19 bits per heavy atom. The van der Waals surface area contributed by atoms with Crippen LogP contribution < -0.4 is 16.4 Å². The molecule has 1 aliphatic rings. The highest BCUT2D eigenvalue weighted by Gasteiger charge is 2.31. The second-order valence-corrected chi connectivity index (χ2v) is 6.42. The van der Waals surface area contributed by atoms with Crippen molar-refractivity contribution in [2.45, 2.75) is 19.9 Å². The maximum Gasteiger partial charge on any atom is 0.359 e. The summed E-state index contributed by atoms with van der Waals surface area (Å²) < 4.78 is 10.1. The minimum absolute atomic E-state index is 0.0715. The van der Waals surface area contributed by atoms with Crippen LogP contribution in [0.5, 0.6) is 0 Å². The fourth-order valence-corrected chi connectivity index (χ4v) is 2.85. The van der Waals surface area contributed by atoms with Crippen LogP contribution >= 0.6 is 34.8 Å². The zero-order valence-electron chi connectivity index (χ0n) is 14.2. The van der Waals surface area contributed by atoms with Crippen LogP contribution in [0.25, 0.3) is 0 Å². The molecule has 12 heteroatoms. The summed E-state index contributed by atoms with van der Waals surface area (Å²) in [7, 11) is 0. The third kappa shape index (κ3) is 4.55. The minimum Gasteiger partial charge on any atom is -0.463 e. The Morgan fingerprint density at radius 3 is 2.48 bits per heavy atom. The van der Waals surface area contributed by atoms with Crippen molar-refractivity contribution in [3.05, 3.63) is 32.2 Å². The molecule has 0 aliphatic carbocycles. The molecule has 1 aliphatic heterocycles. The molecule has 27 heavy (non-hydrogen) atoms. The summed E-state index contributed by atoms with van der Waals surface area (Å²) in [5.74, 6) is -1.63. The number of nitrogens with one attached hydrogen (secondary N) is 2. The highest BCUT2D eigenvalue weighted by Crippen LogP contribution is 2.34. The first-order valence-electron chi connectivity index (χ1n) is 7.62. The van der Waals surface area contributed by atoms with Crippen LogP contribution in [0.4, 0.5) is 10.5 Å². The molecule has 0 bridgehead atoms. The van der Waals surface area contributed by atoms with Gasteiger partial charge in [-0.25, -0.2) is 19.4 Å². The van der Waals surface area contributed by atoms with E-state index in [1.54, 1.807) is 13.8 Å². The Bertz CT molecular complexity index is 843. The number of urea groups is 1. The van der Waals surface area contributed by atoms with Gasteiger partial charge in [0, 0.05) is 0 Å². The molecule has 2 amide bonds. The van der Waals surface area contributed by atoms with Gasteiger partial charge in [0.1, 0.15) is 11.6 Å². The number of rotatable bonds is 5. The quantitative estimate of drug-likeness (QED) is 0.475. The number of anilines is 1. The number of hydrogen-bond donors (Lipinski definition) is 3. The summed E-state index contributed by atoms with van der Waals surface area (Å²) in [4.78, 5) is 39.8. The molecule has 2 heterocycles. The van der Waals surface area contributed by atoms with Crippen molar-refractivity contribution in [3.63, 3.8) is 0 Å². The highest BCUT2D eigenvalue weighted by molar-refractivity contribution is 6.46. The van der Waals surface area contributed by atoms with Crippen LogP contribution in [-0.2, 0) is 14.3 Å². The number of nitrogens with two attached hydrogens (primary N) is 1. The molecule has 146 valence electrons. The van der Waals surface area contributed by atoms with Gasteiger partial charge < -0.3 is 25.8 Å². The molecule has 0 radical (unpaired) electrons. The van der Waals surface area contributed by atoms with Gasteiger partial charge in [-0.05, 0) is 13.8 Å². The van der Waals surface area contributed by atoms with Gasteiger partial charge >= 0.3 is 18.0 Å². The standard InChI is InChI=1S/C15H15Cl3N4O5/c1-3-26-13(23)7-5(2)20-15(25)21-6(7)4-27-14(24)11-8(16)10(19)9(17)12(18)22-11/h5H,3-4H2,1-2H3,(H2,19,22)(H2,20,21,25)/t5-/m0/s1. The third-order valence-corrected chi connectivity index (χ3v) is 4.61. The Hall–Kier alpha value is -2.23. The number of pyridine rings is 1. The molecule has 1 atom stereocenters. The van der Waals surface area contributed by atoms with Crippen molar-refractivity contribution >= 4 is 58.5 Å². The SMILES string of the molecule is CCOC(=O)C1=C(COC(=O)c2nc(Cl)c(Cl)c(N)c2Cl)NC(=O)N[C@H]1C. The zero-order valence-corrected chi connectivity index (χ0v) is 16.5. The van der Waals surface area contributed by atoms with E-state index in [0.717, 1.165) is 0 Å². The van der Waals surface area contributed by atoms with Crippen molar-refractivity contribution in [3.8, 4) is 0 Å². The van der Waals surface area contributed by atoms with Gasteiger partial charge in [-0.1, -0.05) is 34.8 Å². The number of carbonyl (C=O) groups is 3. The van der Waals surface area contributed by atoms with E-state index in [1.165, 1.54) is 0 Å². The van der Waals surface area contributed by atoms with Gasteiger partial charge in [0.2, 0.25) is 0 Å². The van der Waals surface area contributed by atoms with E-state index < -0.39 is 30.6 Å². The summed E-state index contributed by atoms with van der Waals surface area (Å²) in [6, 6.07) is -1.20. The molecule has 2 rings (SSSR count). The smallest absolute Gasteiger partial charge is 0.359 e. The van der Waals surface area contributed by atoms with Crippen LogP contribution in [0.2, 0.25) is 15.2 Å². The van der Waals surface area contributed by atoms with Gasteiger partial charge in [-0.2, -0.15) is 0 Å². The summed E-state index contributed by atoms with van der Waals surface area (Å²) >= 11 is 17.6. The number of ether oxygens (including phenoxy) is 2. The minimum atomic E-state index is -0.971. The van der Waals surface area contributed by atoms with Gasteiger partial charge in [-0.3, -0.25) is 0 Å². The van der Waals surface area contributed by atoms with Crippen LogP contribution in [0.1, 0.15) is 24.3 Å². The van der Waals surface area contributed by atoms with E-state index in [2.05, 4.69) is 15.6 Å². The van der Waals surface area contributed by atoms with Crippen molar-refractivity contribution < 1.29 is 23.9 Å². The first-order valence-corrected chi connectivity index (χ1v) is 8.75. The van der Waals surface area contributed by atoms with Crippen LogP contribution in [0.15, 0.2) is 11.3 Å². The summed E-state index contributed by atoms with van der Waals surface area (Å²) in [6.07, 6.45) is 0. The second-order valence-electron chi connectivity index (χ2n) is 5.30. The van der Waals surface area contributed by atoms with Crippen molar-refractivity contribution in [1.82, 2.24) is 15.6 Å². The lowest BCUT2D eigenvalue weighted by atomic mass is 10.0. The number of aromatic nitrogens is 1. The fraction of sp³-hybridized carbons (Fsp3) is 0.333. The topological polar surface area (TPSA) is 133 Å². The number of nitrogen functional groups attached to an aromatic ring is 1. The highest BCUT2D eigenvalue weighted by atomic mass is 35.5. The Morgan fingerprint density at radius 2 is 1.85 bits per heavy atom. The molecule has 1 aromatic rings. The Balaban J connectivity index is 2.27. The van der Waals surface area contributed by atoms with E-state index in [-0.39, 0.29) is 44.5 Å². The predicted molar refractivity (Wildman–Crippen MR) is 98.8 cm³/mol. The van der Waals surface area contributed by atoms with E-state index in [4.69, 9.17) is 50.0 Å². The van der Waals surface area contributed by atoms with Crippen LogP contribution in [0, 0.1) is 0 Å². The predicted octanol–water partition coefficient (Wildman–Crippen LogP) is 2.30. The molecule has 0 unspecified atom stereocenters. The molecule has 0 aromatic carbocycles. The number of halogens is 3. The molecule has 9 nitrogen and oxygen atoms in total. The fourth-order valence-electron chi connectivity index (χ4n) is 2.27. The van der Waals surface area contributed by atoms with Crippen LogP contribution in [-0.4, -0.2) is 42.2 Å². The number of amides is 2. The number of carbonyl (C=O) groups excluding carboxylic acids is 3. The van der Waals surface area contributed by atoms with Crippen molar-refractivity contribution in [2.75, 3.05) is 18.9 Å². The number of hydrogen-bond acceptors (Lipinski definition) is 7.